The summed E-state index contributed by atoms with van der Waals surface area (Å²) in [6.07, 6.45) is 2.74. The molecule has 0 radical (unpaired) electrons. The first-order valence-electron chi connectivity index (χ1n) is 5.47. The zero-order chi connectivity index (χ0) is 14.9. The third-order valence-electron chi connectivity index (χ3n) is 2.70. The molecule has 0 fully saturated rings. The van der Waals surface area contributed by atoms with Crippen LogP contribution in [-0.4, -0.2) is 20.4 Å². The highest BCUT2D eigenvalue weighted by Crippen LogP contribution is 2.30. The standard InChI is InChI=1S/C12H11ClFN3O2S/c1-17(11-4-5-16-7-10(11)15)20(18,19)12-6-8(14)2-3-9(12)13/h2-7H,15H2,1H3. The van der Waals surface area contributed by atoms with E-state index in [0.29, 0.717) is 0 Å². The van der Waals surface area contributed by atoms with Crippen molar-refractivity contribution in [3.8, 4) is 0 Å². The molecule has 0 spiro atoms. The number of nitrogens with zero attached hydrogens (tertiary/aromatic N) is 2. The molecule has 0 aliphatic heterocycles. The van der Waals surface area contributed by atoms with Crippen LogP contribution in [0.4, 0.5) is 15.8 Å². The van der Waals surface area contributed by atoms with E-state index in [2.05, 4.69) is 4.98 Å². The van der Waals surface area contributed by atoms with Crippen LogP contribution in [0.2, 0.25) is 5.02 Å². The number of aromatic nitrogens is 1. The minimum absolute atomic E-state index is 0.0640. The van der Waals surface area contributed by atoms with E-state index >= 15 is 0 Å². The summed E-state index contributed by atoms with van der Waals surface area (Å²) in [7, 11) is -2.71. The van der Waals surface area contributed by atoms with Crippen LogP contribution in [-0.2, 0) is 10.0 Å². The van der Waals surface area contributed by atoms with Gasteiger partial charge in [0.15, 0.2) is 0 Å². The van der Waals surface area contributed by atoms with Crippen molar-refractivity contribution < 1.29 is 12.8 Å². The molecule has 2 aromatic rings. The van der Waals surface area contributed by atoms with Gasteiger partial charge in [-0.1, -0.05) is 11.6 Å². The maximum Gasteiger partial charge on any atom is 0.265 e. The molecule has 0 saturated heterocycles. The van der Waals surface area contributed by atoms with Gasteiger partial charge in [-0.15, -0.1) is 0 Å². The number of anilines is 2. The smallest absolute Gasteiger partial charge is 0.265 e. The number of hydrogen-bond acceptors (Lipinski definition) is 4. The van der Waals surface area contributed by atoms with Gasteiger partial charge in [0, 0.05) is 13.2 Å². The number of pyridine rings is 1. The van der Waals surface area contributed by atoms with Crippen LogP contribution in [0.25, 0.3) is 0 Å². The molecule has 0 aliphatic rings. The third kappa shape index (κ3) is 2.54. The number of hydrogen-bond donors (Lipinski definition) is 1. The molecule has 0 unspecified atom stereocenters. The zero-order valence-electron chi connectivity index (χ0n) is 10.4. The molecule has 2 rings (SSSR count). The largest absolute Gasteiger partial charge is 0.396 e. The average Bonchev–Trinajstić information content (AvgIpc) is 2.41. The van der Waals surface area contributed by atoms with Gasteiger partial charge in [-0.05, 0) is 24.3 Å². The van der Waals surface area contributed by atoms with E-state index in [9.17, 15) is 12.8 Å². The molecular weight excluding hydrogens is 305 g/mol. The maximum atomic E-state index is 13.2. The van der Waals surface area contributed by atoms with Crippen LogP contribution >= 0.6 is 11.6 Å². The van der Waals surface area contributed by atoms with Gasteiger partial charge in [-0.3, -0.25) is 9.29 Å². The molecule has 0 aliphatic carbocycles. The molecule has 20 heavy (non-hydrogen) atoms. The first-order chi connectivity index (χ1) is 9.34. The number of rotatable bonds is 3. The molecular formula is C12H11ClFN3O2S. The monoisotopic (exact) mass is 315 g/mol. The third-order valence-corrected chi connectivity index (χ3v) is 4.95. The van der Waals surface area contributed by atoms with Gasteiger partial charge in [-0.2, -0.15) is 0 Å². The summed E-state index contributed by atoms with van der Waals surface area (Å²) in [5.74, 6) is -0.691. The number of sulfonamides is 1. The lowest BCUT2D eigenvalue weighted by molar-refractivity contribution is 0.589. The van der Waals surface area contributed by atoms with Gasteiger partial charge in [-0.25, -0.2) is 12.8 Å². The molecule has 0 saturated carbocycles. The fraction of sp³-hybridized carbons (Fsp3) is 0.0833. The Labute approximate surface area is 120 Å². The van der Waals surface area contributed by atoms with Crippen LogP contribution < -0.4 is 10.0 Å². The fourth-order valence-electron chi connectivity index (χ4n) is 1.64. The highest BCUT2D eigenvalue weighted by molar-refractivity contribution is 7.93. The molecule has 1 aromatic heterocycles. The summed E-state index contributed by atoms with van der Waals surface area (Å²) >= 11 is 5.84. The Morgan fingerprint density at radius 2 is 2.05 bits per heavy atom. The second-order valence-corrected chi connectivity index (χ2v) is 6.33. The van der Waals surface area contributed by atoms with Crippen molar-refractivity contribution in [1.82, 2.24) is 4.98 Å². The van der Waals surface area contributed by atoms with E-state index in [1.807, 2.05) is 0 Å². The molecule has 5 nitrogen and oxygen atoms in total. The highest BCUT2D eigenvalue weighted by atomic mass is 35.5. The van der Waals surface area contributed by atoms with Crippen molar-refractivity contribution in [2.75, 3.05) is 17.1 Å². The summed E-state index contributed by atoms with van der Waals surface area (Å²) in [6, 6.07) is 4.58. The maximum absolute atomic E-state index is 13.2. The van der Waals surface area contributed by atoms with E-state index in [1.54, 1.807) is 0 Å². The Morgan fingerprint density at radius 3 is 2.70 bits per heavy atom. The van der Waals surface area contributed by atoms with Crippen molar-refractivity contribution in [2.24, 2.45) is 0 Å². The predicted octanol–water partition coefficient (Wildman–Crippen LogP) is 2.28. The molecule has 0 atom stereocenters. The molecule has 106 valence electrons. The van der Waals surface area contributed by atoms with Gasteiger partial charge in [0.25, 0.3) is 10.0 Å². The van der Waals surface area contributed by atoms with Gasteiger partial charge < -0.3 is 5.73 Å². The molecule has 0 bridgehead atoms. The number of nitrogen functional groups attached to an aromatic ring is 1. The van der Waals surface area contributed by atoms with Crippen molar-refractivity contribution in [1.29, 1.82) is 0 Å². The topological polar surface area (TPSA) is 76.3 Å². The quantitative estimate of drug-likeness (QED) is 0.942. The van der Waals surface area contributed by atoms with Gasteiger partial charge in [0.05, 0.1) is 22.6 Å². The summed E-state index contributed by atoms with van der Waals surface area (Å²) in [6.45, 7) is 0. The van der Waals surface area contributed by atoms with Crippen molar-refractivity contribution in [3.05, 3.63) is 47.5 Å². The average molecular weight is 316 g/mol. The lowest BCUT2D eigenvalue weighted by Gasteiger charge is -2.21. The Kier molecular flexibility index (Phi) is 3.82. The first-order valence-corrected chi connectivity index (χ1v) is 7.29. The molecule has 1 aromatic carbocycles. The Bertz CT molecular complexity index is 752. The van der Waals surface area contributed by atoms with Crippen LogP contribution in [0.1, 0.15) is 0 Å². The predicted molar refractivity (Wildman–Crippen MR) is 75.6 cm³/mol. The summed E-state index contributed by atoms with van der Waals surface area (Å²) in [5.41, 5.74) is 6.11. The number of benzene rings is 1. The molecule has 0 amide bonds. The fourth-order valence-corrected chi connectivity index (χ4v) is 3.34. The molecule has 8 heteroatoms. The minimum atomic E-state index is -4.01. The van der Waals surface area contributed by atoms with Crippen LogP contribution in [0.5, 0.6) is 0 Å². The number of nitrogens with two attached hydrogens (primary N) is 1. The van der Waals surface area contributed by atoms with Gasteiger partial charge >= 0.3 is 0 Å². The lowest BCUT2D eigenvalue weighted by atomic mass is 10.3. The van der Waals surface area contributed by atoms with Crippen LogP contribution in [0, 0.1) is 5.82 Å². The van der Waals surface area contributed by atoms with Gasteiger partial charge in [0.2, 0.25) is 0 Å². The van der Waals surface area contributed by atoms with E-state index in [4.69, 9.17) is 17.3 Å². The van der Waals surface area contributed by atoms with E-state index < -0.39 is 15.8 Å². The molecule has 2 N–H and O–H groups in total. The Hall–Kier alpha value is -1.86. The summed E-state index contributed by atoms with van der Waals surface area (Å²) in [5, 5.41) is -0.0640. The second kappa shape index (κ2) is 5.26. The summed E-state index contributed by atoms with van der Waals surface area (Å²) in [4.78, 5) is 3.46. The Balaban J connectivity index is 2.56. The normalized spacial score (nSPS) is 11.3. The Morgan fingerprint density at radius 1 is 1.35 bits per heavy atom. The van der Waals surface area contributed by atoms with Crippen molar-refractivity contribution in [3.63, 3.8) is 0 Å². The minimum Gasteiger partial charge on any atom is -0.396 e. The number of halogens is 2. The summed E-state index contributed by atoms with van der Waals surface area (Å²) < 4.78 is 39.1. The van der Waals surface area contributed by atoms with Crippen molar-refractivity contribution >= 4 is 33.0 Å². The second-order valence-electron chi connectivity index (χ2n) is 3.98. The zero-order valence-corrected chi connectivity index (χ0v) is 12.0. The van der Waals surface area contributed by atoms with Crippen molar-refractivity contribution in [2.45, 2.75) is 4.90 Å². The molecule has 1 heterocycles. The van der Waals surface area contributed by atoms with E-state index in [-0.39, 0.29) is 21.3 Å². The van der Waals surface area contributed by atoms with Crippen LogP contribution in [0.15, 0.2) is 41.6 Å². The SMILES string of the molecule is CN(c1ccncc1N)S(=O)(=O)c1cc(F)ccc1Cl. The van der Waals surface area contributed by atoms with Gasteiger partial charge in [0.1, 0.15) is 10.7 Å². The first kappa shape index (κ1) is 14.5. The highest BCUT2D eigenvalue weighted by Gasteiger charge is 2.25. The van der Waals surface area contributed by atoms with Crippen LogP contribution in [0.3, 0.4) is 0 Å². The lowest BCUT2D eigenvalue weighted by Crippen LogP contribution is -2.27. The van der Waals surface area contributed by atoms with E-state index in [0.717, 1.165) is 16.4 Å². The van der Waals surface area contributed by atoms with E-state index in [1.165, 1.54) is 31.6 Å².